The minimum atomic E-state index is 0. The number of halogens is 2. The molecule has 0 heterocycles. The summed E-state index contributed by atoms with van der Waals surface area (Å²) in [5.41, 5.74) is 11.4. The topological polar surface area (TPSA) is 0 Å². The van der Waals surface area contributed by atoms with Gasteiger partial charge in [0.1, 0.15) is 0 Å². The third-order valence-corrected chi connectivity index (χ3v) is 12.4. The van der Waals surface area contributed by atoms with Crippen molar-refractivity contribution in [2.75, 3.05) is 0 Å². The van der Waals surface area contributed by atoms with Crippen LogP contribution in [0.25, 0.3) is 43.8 Å². The molecule has 0 aliphatic heterocycles. The molecule has 0 bridgehead atoms. The zero-order chi connectivity index (χ0) is 36.5. The summed E-state index contributed by atoms with van der Waals surface area (Å²) >= 11 is 1.36. The quantitative estimate of drug-likeness (QED) is 0.0950. The monoisotopic (exact) mass is 878 g/mol. The number of fused-ring (bicyclic) bond motifs is 2. The van der Waals surface area contributed by atoms with Crippen LogP contribution in [0.5, 0.6) is 0 Å². The van der Waals surface area contributed by atoms with Gasteiger partial charge in [-0.1, -0.05) is 151 Å². The van der Waals surface area contributed by atoms with Crippen LogP contribution in [-0.2, 0) is 36.2 Å². The summed E-state index contributed by atoms with van der Waals surface area (Å²) in [4.78, 5) is 0. The van der Waals surface area contributed by atoms with Crippen LogP contribution in [0.1, 0.15) is 126 Å². The summed E-state index contributed by atoms with van der Waals surface area (Å²) in [6.07, 6.45) is 16.3. The Balaban J connectivity index is 0.000000347. The summed E-state index contributed by atoms with van der Waals surface area (Å²) in [5, 5.41) is 5.64. The number of hydrogen-bond donors (Lipinski definition) is 0. The van der Waals surface area contributed by atoms with Crippen LogP contribution in [-0.4, -0.2) is 6.88 Å². The van der Waals surface area contributed by atoms with Crippen molar-refractivity contribution in [3.8, 4) is 22.3 Å². The van der Waals surface area contributed by atoms with Crippen molar-refractivity contribution in [1.82, 2.24) is 0 Å². The van der Waals surface area contributed by atoms with Crippen LogP contribution in [0.4, 0.5) is 0 Å². The predicted molar refractivity (Wildman–Crippen MR) is 252 cm³/mol. The van der Waals surface area contributed by atoms with Gasteiger partial charge in [-0.3, -0.25) is 0 Å². The molecule has 0 amide bonds. The van der Waals surface area contributed by atoms with E-state index in [0.29, 0.717) is 11.8 Å². The third-order valence-electron chi connectivity index (χ3n) is 12.4. The second kappa shape index (κ2) is 24.6. The molecule has 4 heteroatoms. The molecule has 2 atom stereocenters. The number of benzene rings is 4. The maximum absolute atomic E-state index is 3.06. The van der Waals surface area contributed by atoms with Gasteiger partial charge in [0.15, 0.2) is 0 Å². The van der Waals surface area contributed by atoms with Crippen LogP contribution in [0.15, 0.2) is 109 Å². The summed E-state index contributed by atoms with van der Waals surface area (Å²) in [5.74, 6) is 3.11. The SMILES string of the molecule is CCC(C)c1ccc(-c2cccc3[cH-]c(CC4CCCC4)cc23)cc1.CCC(C)c1ccc(-c2cccc3[cH-]c(CC4CCCC4)cc23)cc1.Cl.Cl.[CH3-].[CH3-].[Si]=[Zr]. The van der Waals surface area contributed by atoms with Crippen LogP contribution < -0.4 is 0 Å². The van der Waals surface area contributed by atoms with E-state index in [1.165, 1.54) is 166 Å². The first-order chi connectivity index (χ1) is 25.5. The van der Waals surface area contributed by atoms with Crippen molar-refractivity contribution in [3.05, 3.63) is 146 Å². The minimum absolute atomic E-state index is 0. The van der Waals surface area contributed by atoms with Gasteiger partial charge in [0.05, 0.1) is 0 Å². The van der Waals surface area contributed by atoms with Gasteiger partial charge < -0.3 is 14.9 Å². The van der Waals surface area contributed by atoms with Crippen LogP contribution in [0.3, 0.4) is 0 Å². The molecule has 0 spiro atoms. The van der Waals surface area contributed by atoms with Gasteiger partial charge in [0.25, 0.3) is 0 Å². The fraction of sp³-hybridized carbons (Fsp3) is 0.385. The zero-order valence-corrected chi connectivity index (χ0v) is 40.1. The average molecular weight is 881 g/mol. The van der Waals surface area contributed by atoms with E-state index in [-0.39, 0.29) is 39.7 Å². The first kappa shape index (κ1) is 49.9. The van der Waals surface area contributed by atoms with Crippen LogP contribution in [0, 0.1) is 26.7 Å². The van der Waals surface area contributed by atoms with Crippen molar-refractivity contribution in [3.63, 3.8) is 0 Å². The molecule has 56 heavy (non-hydrogen) atoms. The molecule has 300 valence electrons. The van der Waals surface area contributed by atoms with E-state index in [0.717, 1.165) is 11.8 Å². The molecular weight excluding hydrogens is 815 g/mol. The Morgan fingerprint density at radius 2 is 0.893 bits per heavy atom. The van der Waals surface area contributed by atoms with Gasteiger partial charge in [-0.15, -0.1) is 93.9 Å². The Labute approximate surface area is 370 Å². The molecule has 2 aliphatic carbocycles. The van der Waals surface area contributed by atoms with E-state index in [4.69, 9.17) is 0 Å². The standard InChI is InChI=1S/2C25H29.2CH3.2ClH.Si.Zr/c2*1-3-18(2)21-11-13-22(14-12-21)24-10-6-9-23-16-20(17-25(23)24)15-19-7-4-5-8-19;;;;;;/h2*6,9-14,16-19H,3-5,7-8,15H2,1-2H3;2*1H3;2*1H;;/q4*-1;;;;. The second-order valence-electron chi connectivity index (χ2n) is 15.9. The Morgan fingerprint density at radius 1 is 0.554 bits per heavy atom. The Kier molecular flexibility index (Phi) is 22.0. The molecule has 2 fully saturated rings. The second-order valence-corrected chi connectivity index (χ2v) is 15.9. The molecule has 2 saturated carbocycles. The van der Waals surface area contributed by atoms with Gasteiger partial charge in [0.2, 0.25) is 0 Å². The summed E-state index contributed by atoms with van der Waals surface area (Å²) < 4.78 is 0. The van der Waals surface area contributed by atoms with Crippen molar-refractivity contribution in [2.45, 2.75) is 117 Å². The van der Waals surface area contributed by atoms with Crippen molar-refractivity contribution < 1.29 is 23.3 Å². The van der Waals surface area contributed by atoms with E-state index < -0.39 is 0 Å². The first-order valence-electron chi connectivity index (χ1n) is 20.3. The van der Waals surface area contributed by atoms with Gasteiger partial charge in [-0.05, 0) is 71.6 Å². The average Bonchev–Trinajstić information content (AvgIpc) is 4.04. The first-order valence-corrected chi connectivity index (χ1v) is 24.5. The van der Waals surface area contributed by atoms with E-state index >= 15 is 0 Å². The molecule has 6 aromatic rings. The van der Waals surface area contributed by atoms with E-state index in [2.05, 4.69) is 144 Å². The predicted octanol–water partition coefficient (Wildman–Crippen LogP) is 16.3. The normalized spacial score (nSPS) is 14.8. The van der Waals surface area contributed by atoms with E-state index in [1.54, 1.807) is 0 Å². The molecule has 6 aromatic carbocycles. The molecular formula is C52H66Cl2SiZr-4. The van der Waals surface area contributed by atoms with Crippen LogP contribution >= 0.6 is 24.8 Å². The summed E-state index contributed by atoms with van der Waals surface area (Å²) in [6.45, 7) is 12.2. The van der Waals surface area contributed by atoms with Gasteiger partial charge in [-0.25, -0.2) is 0 Å². The van der Waals surface area contributed by atoms with E-state index in [1.807, 2.05) is 0 Å². The number of hydrogen-bond acceptors (Lipinski definition) is 0. The maximum atomic E-state index is 3.06. The van der Waals surface area contributed by atoms with Crippen molar-refractivity contribution in [2.24, 2.45) is 11.8 Å². The van der Waals surface area contributed by atoms with Gasteiger partial charge in [-0.2, -0.15) is 12.1 Å². The van der Waals surface area contributed by atoms with E-state index in [9.17, 15) is 0 Å². The molecule has 8 rings (SSSR count). The molecule has 2 unspecified atom stereocenters. The molecule has 0 saturated heterocycles. The summed E-state index contributed by atoms with van der Waals surface area (Å²) in [6, 6.07) is 41.7. The van der Waals surface area contributed by atoms with Gasteiger partial charge in [0, 0.05) is 0 Å². The molecule has 0 N–H and O–H groups in total. The van der Waals surface area contributed by atoms with Gasteiger partial charge >= 0.3 is 30.2 Å². The Hall–Kier alpha value is -2.22. The van der Waals surface area contributed by atoms with Crippen molar-refractivity contribution in [1.29, 1.82) is 0 Å². The molecule has 0 aromatic heterocycles. The Morgan fingerprint density at radius 3 is 1.21 bits per heavy atom. The summed E-state index contributed by atoms with van der Waals surface area (Å²) in [7, 11) is 0. The fourth-order valence-corrected chi connectivity index (χ4v) is 8.88. The number of rotatable bonds is 10. The molecule has 2 radical (unpaired) electrons. The third kappa shape index (κ3) is 12.4. The van der Waals surface area contributed by atoms with Crippen LogP contribution in [0.2, 0.25) is 0 Å². The van der Waals surface area contributed by atoms with Crippen molar-refractivity contribution >= 4 is 53.2 Å². The molecule has 2 aliphatic rings. The Bertz CT molecular complexity index is 1850. The molecule has 0 nitrogen and oxygen atoms in total. The zero-order valence-electron chi connectivity index (χ0n) is 35.0. The fourth-order valence-electron chi connectivity index (χ4n) is 8.88.